The lowest BCUT2D eigenvalue weighted by Crippen LogP contribution is -2.48. The van der Waals surface area contributed by atoms with Crippen molar-refractivity contribution in [2.24, 2.45) is 16.8 Å². The lowest BCUT2D eigenvalue weighted by atomic mass is 9.93. The fourth-order valence-corrected chi connectivity index (χ4v) is 5.21. The number of amidine groups is 1. The SMILES string of the molecule is CC[C@H](C)[C@H](N=C1NS(=O)(=O)c2ccccc21)C(=O)N1CCC(C(=O)NC(C)C)CC1. The van der Waals surface area contributed by atoms with Gasteiger partial charge < -0.3 is 10.2 Å². The van der Waals surface area contributed by atoms with Crippen LogP contribution in [0.3, 0.4) is 0 Å². The first kappa shape index (κ1) is 23.2. The number of nitrogens with zero attached hydrogens (tertiary/aromatic N) is 2. The van der Waals surface area contributed by atoms with Crippen LogP contribution in [0.25, 0.3) is 0 Å². The number of benzene rings is 1. The summed E-state index contributed by atoms with van der Waals surface area (Å²) in [6, 6.07) is 6.06. The number of likely N-dealkylation sites (tertiary alicyclic amines) is 1. The molecule has 2 N–H and O–H groups in total. The summed E-state index contributed by atoms with van der Waals surface area (Å²) in [5.74, 6) is -0.000980. The molecule has 9 heteroatoms. The van der Waals surface area contributed by atoms with E-state index in [0.29, 0.717) is 31.5 Å². The van der Waals surface area contributed by atoms with Crippen LogP contribution in [0.4, 0.5) is 0 Å². The first-order valence-electron chi connectivity index (χ1n) is 10.9. The highest BCUT2D eigenvalue weighted by molar-refractivity contribution is 7.90. The number of carbonyl (C=O) groups excluding carboxylic acids is 2. The average molecular weight is 449 g/mol. The van der Waals surface area contributed by atoms with Crippen LogP contribution in [-0.4, -0.2) is 56.1 Å². The van der Waals surface area contributed by atoms with Crippen molar-refractivity contribution in [1.82, 2.24) is 14.9 Å². The molecule has 0 radical (unpaired) electrons. The molecule has 31 heavy (non-hydrogen) atoms. The zero-order valence-electron chi connectivity index (χ0n) is 18.6. The Hall–Kier alpha value is -2.42. The second-order valence-corrected chi connectivity index (χ2v) is 10.3. The number of sulfonamides is 1. The molecule has 1 saturated heterocycles. The molecule has 2 aliphatic rings. The Morgan fingerprint density at radius 1 is 1.19 bits per heavy atom. The van der Waals surface area contributed by atoms with Gasteiger partial charge in [-0.15, -0.1) is 0 Å². The number of fused-ring (bicyclic) bond motifs is 1. The molecule has 170 valence electrons. The third-order valence-electron chi connectivity index (χ3n) is 5.98. The van der Waals surface area contributed by atoms with Crippen LogP contribution in [-0.2, 0) is 19.6 Å². The van der Waals surface area contributed by atoms with E-state index in [4.69, 9.17) is 0 Å². The molecule has 2 atom stereocenters. The maximum Gasteiger partial charge on any atom is 0.263 e. The van der Waals surface area contributed by atoms with Crippen LogP contribution in [0.1, 0.15) is 52.5 Å². The van der Waals surface area contributed by atoms with Gasteiger partial charge in [-0.3, -0.25) is 19.3 Å². The van der Waals surface area contributed by atoms with Gasteiger partial charge in [-0.1, -0.05) is 32.4 Å². The largest absolute Gasteiger partial charge is 0.354 e. The van der Waals surface area contributed by atoms with Crippen LogP contribution in [0.5, 0.6) is 0 Å². The highest BCUT2D eigenvalue weighted by Gasteiger charge is 2.36. The summed E-state index contributed by atoms with van der Waals surface area (Å²) in [5, 5.41) is 2.94. The second kappa shape index (κ2) is 9.38. The van der Waals surface area contributed by atoms with Crippen molar-refractivity contribution in [3.05, 3.63) is 29.8 Å². The zero-order valence-corrected chi connectivity index (χ0v) is 19.4. The molecule has 0 bridgehead atoms. The normalized spacial score (nSPS) is 21.5. The highest BCUT2D eigenvalue weighted by atomic mass is 32.2. The lowest BCUT2D eigenvalue weighted by Gasteiger charge is -2.34. The van der Waals surface area contributed by atoms with Gasteiger partial charge in [0.2, 0.25) is 11.8 Å². The van der Waals surface area contributed by atoms with E-state index in [0.717, 1.165) is 6.42 Å². The van der Waals surface area contributed by atoms with E-state index in [2.05, 4.69) is 15.0 Å². The van der Waals surface area contributed by atoms with Gasteiger partial charge in [0, 0.05) is 30.6 Å². The number of carbonyl (C=O) groups is 2. The van der Waals surface area contributed by atoms with Crippen molar-refractivity contribution >= 4 is 27.7 Å². The minimum atomic E-state index is -3.66. The van der Waals surface area contributed by atoms with Crippen molar-refractivity contribution in [3.8, 4) is 0 Å². The fourth-order valence-electron chi connectivity index (χ4n) is 3.97. The minimum Gasteiger partial charge on any atom is -0.354 e. The lowest BCUT2D eigenvalue weighted by molar-refractivity contribution is -0.137. The average Bonchev–Trinajstić information content (AvgIpc) is 3.01. The van der Waals surface area contributed by atoms with Gasteiger partial charge in [-0.05, 0) is 44.7 Å². The summed E-state index contributed by atoms with van der Waals surface area (Å²) in [6.07, 6.45) is 1.96. The maximum atomic E-state index is 13.4. The molecular formula is C22H32N4O4S. The molecule has 2 heterocycles. The summed E-state index contributed by atoms with van der Waals surface area (Å²) >= 11 is 0. The molecule has 3 rings (SSSR count). The van der Waals surface area contributed by atoms with Gasteiger partial charge in [0.1, 0.15) is 11.9 Å². The Kier molecular flexibility index (Phi) is 7.03. The van der Waals surface area contributed by atoms with E-state index in [1.807, 2.05) is 27.7 Å². The smallest absolute Gasteiger partial charge is 0.263 e. The number of nitrogens with one attached hydrogen (secondary N) is 2. The van der Waals surface area contributed by atoms with Gasteiger partial charge in [0.15, 0.2) is 0 Å². The third-order valence-corrected chi connectivity index (χ3v) is 7.37. The minimum absolute atomic E-state index is 0.0396. The molecule has 2 amide bonds. The molecule has 0 spiro atoms. The summed E-state index contributed by atoms with van der Waals surface area (Å²) in [7, 11) is -3.66. The topological polar surface area (TPSA) is 108 Å². The van der Waals surface area contributed by atoms with Crippen LogP contribution < -0.4 is 10.0 Å². The molecule has 8 nitrogen and oxygen atoms in total. The molecule has 1 fully saturated rings. The van der Waals surface area contributed by atoms with Gasteiger partial charge >= 0.3 is 0 Å². The zero-order chi connectivity index (χ0) is 22.8. The monoisotopic (exact) mass is 448 g/mol. The van der Waals surface area contributed by atoms with Crippen LogP contribution in [0.2, 0.25) is 0 Å². The molecule has 2 aliphatic heterocycles. The van der Waals surface area contributed by atoms with E-state index < -0.39 is 16.1 Å². The Bertz CT molecular complexity index is 965. The van der Waals surface area contributed by atoms with Crippen LogP contribution >= 0.6 is 0 Å². The van der Waals surface area contributed by atoms with Crippen molar-refractivity contribution in [2.75, 3.05) is 13.1 Å². The number of amides is 2. The molecular weight excluding hydrogens is 416 g/mol. The van der Waals surface area contributed by atoms with E-state index in [1.54, 1.807) is 23.1 Å². The van der Waals surface area contributed by atoms with Crippen molar-refractivity contribution in [3.63, 3.8) is 0 Å². The molecule has 1 aromatic rings. The van der Waals surface area contributed by atoms with Gasteiger partial charge in [0.05, 0.1) is 4.90 Å². The number of hydrogen-bond donors (Lipinski definition) is 2. The first-order chi connectivity index (χ1) is 14.6. The predicted molar refractivity (Wildman–Crippen MR) is 119 cm³/mol. The summed E-state index contributed by atoms with van der Waals surface area (Å²) in [4.78, 5) is 32.2. The second-order valence-electron chi connectivity index (χ2n) is 8.67. The summed E-state index contributed by atoms with van der Waals surface area (Å²) < 4.78 is 27.3. The molecule has 0 aliphatic carbocycles. The standard InChI is InChI=1S/C22H32N4O4S/c1-5-15(4)19(24-20-17-8-6-7-9-18(17)31(29,30)25-20)22(28)26-12-10-16(11-13-26)21(27)23-14(2)3/h6-9,14-16,19H,5,10-13H2,1-4H3,(H,23,27)(H,24,25)/t15-,19-/m0/s1. The fraction of sp³-hybridized carbons (Fsp3) is 0.591. The predicted octanol–water partition coefficient (Wildman–Crippen LogP) is 1.90. The van der Waals surface area contributed by atoms with E-state index in [-0.39, 0.29) is 40.4 Å². The summed E-state index contributed by atoms with van der Waals surface area (Å²) in [6.45, 7) is 8.79. The quantitative estimate of drug-likeness (QED) is 0.693. The van der Waals surface area contributed by atoms with E-state index in [9.17, 15) is 18.0 Å². The van der Waals surface area contributed by atoms with Gasteiger partial charge in [-0.25, -0.2) is 8.42 Å². The van der Waals surface area contributed by atoms with Crippen molar-refractivity contribution < 1.29 is 18.0 Å². The molecule has 0 unspecified atom stereocenters. The van der Waals surface area contributed by atoms with Gasteiger partial charge in [0.25, 0.3) is 10.0 Å². The Labute approximate surface area is 184 Å². The number of piperidine rings is 1. The molecule has 1 aromatic carbocycles. The van der Waals surface area contributed by atoms with Crippen LogP contribution in [0, 0.1) is 11.8 Å². The Balaban J connectivity index is 1.78. The Morgan fingerprint density at radius 3 is 2.45 bits per heavy atom. The summed E-state index contributed by atoms with van der Waals surface area (Å²) in [5.41, 5.74) is 0.493. The highest BCUT2D eigenvalue weighted by Crippen LogP contribution is 2.26. The maximum absolute atomic E-state index is 13.4. The van der Waals surface area contributed by atoms with Crippen LogP contribution in [0.15, 0.2) is 34.2 Å². The number of hydrogen-bond acceptors (Lipinski definition) is 5. The van der Waals surface area contributed by atoms with E-state index >= 15 is 0 Å². The Morgan fingerprint density at radius 2 is 1.84 bits per heavy atom. The van der Waals surface area contributed by atoms with E-state index in [1.165, 1.54) is 6.07 Å². The third kappa shape index (κ3) is 5.08. The molecule has 0 saturated carbocycles. The van der Waals surface area contributed by atoms with Crippen molar-refractivity contribution in [2.45, 2.75) is 63.9 Å². The number of aliphatic imine (C=N–C) groups is 1. The van der Waals surface area contributed by atoms with Gasteiger partial charge in [-0.2, -0.15) is 0 Å². The first-order valence-corrected chi connectivity index (χ1v) is 12.4. The molecule has 0 aromatic heterocycles. The number of rotatable bonds is 6. The van der Waals surface area contributed by atoms with Crippen molar-refractivity contribution in [1.29, 1.82) is 0 Å².